The molecule has 2 rings (SSSR count). The van der Waals surface area contributed by atoms with Crippen molar-refractivity contribution in [3.8, 4) is 5.75 Å². The Balaban J connectivity index is 2.16. The van der Waals surface area contributed by atoms with Gasteiger partial charge in [-0.05, 0) is 31.0 Å². The molecule has 1 fully saturated rings. The van der Waals surface area contributed by atoms with Crippen molar-refractivity contribution in [2.45, 2.75) is 17.7 Å². The Labute approximate surface area is 128 Å². The van der Waals surface area contributed by atoms with E-state index in [4.69, 9.17) is 22.2 Å². The molecule has 0 saturated carbocycles. The van der Waals surface area contributed by atoms with Gasteiger partial charge in [-0.3, -0.25) is 10.2 Å². The smallest absolute Gasteiger partial charge is 0.271 e. The third kappa shape index (κ3) is 3.65. The van der Waals surface area contributed by atoms with Crippen LogP contribution < -0.4 is 16.0 Å². The molecular weight excluding hydrogens is 318 g/mol. The van der Waals surface area contributed by atoms with E-state index in [-0.39, 0.29) is 22.3 Å². The van der Waals surface area contributed by atoms with Gasteiger partial charge in [-0.15, -0.1) is 0 Å². The Morgan fingerprint density at radius 1 is 1.38 bits per heavy atom. The number of rotatable bonds is 5. The largest absolute Gasteiger partial charge is 0.482 e. The van der Waals surface area contributed by atoms with Crippen LogP contribution in [-0.2, 0) is 14.8 Å². The molecule has 0 bridgehead atoms. The van der Waals surface area contributed by atoms with Crippen molar-refractivity contribution in [1.82, 2.24) is 9.73 Å². The van der Waals surface area contributed by atoms with E-state index in [0.717, 1.165) is 12.8 Å². The molecule has 116 valence electrons. The zero-order valence-electron chi connectivity index (χ0n) is 11.2. The number of benzene rings is 1. The van der Waals surface area contributed by atoms with E-state index in [0.29, 0.717) is 13.1 Å². The predicted octanol–water partition coefficient (Wildman–Crippen LogP) is 0.493. The van der Waals surface area contributed by atoms with Gasteiger partial charge >= 0.3 is 0 Å². The summed E-state index contributed by atoms with van der Waals surface area (Å²) in [5.74, 6) is 4.64. The number of nitrogens with one attached hydrogen (secondary N) is 1. The van der Waals surface area contributed by atoms with E-state index in [1.807, 2.05) is 5.43 Å². The molecule has 1 heterocycles. The Morgan fingerprint density at radius 2 is 2.05 bits per heavy atom. The first kappa shape index (κ1) is 16.0. The second-order valence-corrected chi connectivity index (χ2v) is 6.90. The van der Waals surface area contributed by atoms with E-state index < -0.39 is 15.9 Å². The van der Waals surface area contributed by atoms with Crippen molar-refractivity contribution in [1.29, 1.82) is 0 Å². The highest BCUT2D eigenvalue weighted by Gasteiger charge is 2.27. The zero-order chi connectivity index (χ0) is 15.5. The lowest BCUT2D eigenvalue weighted by Gasteiger charge is -2.16. The van der Waals surface area contributed by atoms with Crippen LogP contribution in [0.5, 0.6) is 5.75 Å². The van der Waals surface area contributed by atoms with Crippen molar-refractivity contribution < 1.29 is 17.9 Å². The van der Waals surface area contributed by atoms with Crippen LogP contribution in [0.3, 0.4) is 0 Å². The minimum atomic E-state index is -3.52. The van der Waals surface area contributed by atoms with Gasteiger partial charge in [-0.25, -0.2) is 14.3 Å². The molecule has 1 aliphatic rings. The summed E-state index contributed by atoms with van der Waals surface area (Å²) in [7, 11) is -3.52. The first-order valence-corrected chi connectivity index (χ1v) is 8.19. The lowest BCUT2D eigenvalue weighted by molar-refractivity contribution is -0.123. The number of carbonyl (C=O) groups is 1. The number of amides is 1. The monoisotopic (exact) mass is 333 g/mol. The number of hydrogen-bond acceptors (Lipinski definition) is 5. The average molecular weight is 334 g/mol. The lowest BCUT2D eigenvalue weighted by atomic mass is 10.3. The van der Waals surface area contributed by atoms with E-state index in [1.165, 1.54) is 22.5 Å². The summed E-state index contributed by atoms with van der Waals surface area (Å²) in [5, 5.41) is 0.125. The summed E-state index contributed by atoms with van der Waals surface area (Å²) in [5.41, 5.74) is 1.92. The third-order valence-electron chi connectivity index (χ3n) is 3.13. The van der Waals surface area contributed by atoms with Crippen LogP contribution in [0, 0.1) is 0 Å². The summed E-state index contributed by atoms with van der Waals surface area (Å²) in [6.45, 7) is 0.748. The number of nitrogens with two attached hydrogens (primary N) is 1. The van der Waals surface area contributed by atoms with Crippen LogP contribution in [0.15, 0.2) is 23.1 Å². The van der Waals surface area contributed by atoms with Crippen molar-refractivity contribution in [2.24, 2.45) is 5.84 Å². The van der Waals surface area contributed by atoms with Crippen LogP contribution >= 0.6 is 11.6 Å². The van der Waals surface area contributed by atoms with Crippen LogP contribution in [0.2, 0.25) is 5.02 Å². The molecule has 0 aromatic heterocycles. The fourth-order valence-electron chi connectivity index (χ4n) is 2.02. The Bertz CT molecular complexity index is 629. The molecule has 1 aliphatic heterocycles. The summed E-state index contributed by atoms with van der Waals surface area (Å²) in [6.07, 6.45) is 1.73. The molecule has 1 saturated heterocycles. The number of sulfonamides is 1. The molecule has 0 radical (unpaired) electrons. The summed E-state index contributed by atoms with van der Waals surface area (Å²) in [4.78, 5) is 11.1. The van der Waals surface area contributed by atoms with Gasteiger partial charge in [-0.1, -0.05) is 11.6 Å². The van der Waals surface area contributed by atoms with Gasteiger partial charge < -0.3 is 4.74 Å². The SMILES string of the molecule is NNC(=O)COc1ccc(S(=O)(=O)N2CCCC2)cc1Cl. The van der Waals surface area contributed by atoms with Gasteiger partial charge in [0.2, 0.25) is 10.0 Å². The van der Waals surface area contributed by atoms with E-state index >= 15 is 0 Å². The number of hydrazine groups is 1. The first-order valence-electron chi connectivity index (χ1n) is 6.37. The third-order valence-corrected chi connectivity index (χ3v) is 5.32. The lowest BCUT2D eigenvalue weighted by Crippen LogP contribution is -2.34. The molecule has 1 aromatic carbocycles. The summed E-state index contributed by atoms with van der Waals surface area (Å²) >= 11 is 6.00. The standard InChI is InChI=1S/C12H16ClN3O4S/c13-10-7-9(21(18,19)16-5-1-2-6-16)3-4-11(10)20-8-12(17)15-14/h3-4,7H,1-2,5-6,8,14H2,(H,15,17). The Morgan fingerprint density at radius 3 is 2.62 bits per heavy atom. The van der Waals surface area contributed by atoms with Crippen molar-refractivity contribution in [3.05, 3.63) is 23.2 Å². The zero-order valence-corrected chi connectivity index (χ0v) is 12.8. The molecular formula is C12H16ClN3O4S. The van der Waals surface area contributed by atoms with Gasteiger partial charge in [0.1, 0.15) is 5.75 Å². The number of ether oxygens (including phenoxy) is 1. The number of carbonyl (C=O) groups excluding carboxylic acids is 1. The Kier molecular flexibility index (Phi) is 5.04. The molecule has 7 nitrogen and oxygen atoms in total. The highest BCUT2D eigenvalue weighted by molar-refractivity contribution is 7.89. The number of halogens is 1. The van der Waals surface area contributed by atoms with E-state index in [2.05, 4.69) is 0 Å². The van der Waals surface area contributed by atoms with Gasteiger partial charge in [-0.2, -0.15) is 4.31 Å². The molecule has 0 aliphatic carbocycles. The van der Waals surface area contributed by atoms with Crippen LogP contribution in [0.4, 0.5) is 0 Å². The van der Waals surface area contributed by atoms with Crippen molar-refractivity contribution in [3.63, 3.8) is 0 Å². The Hall–Kier alpha value is -1.35. The van der Waals surface area contributed by atoms with Gasteiger partial charge in [0.25, 0.3) is 5.91 Å². The van der Waals surface area contributed by atoms with Crippen molar-refractivity contribution >= 4 is 27.5 Å². The predicted molar refractivity (Wildman–Crippen MR) is 77.3 cm³/mol. The van der Waals surface area contributed by atoms with Crippen molar-refractivity contribution in [2.75, 3.05) is 19.7 Å². The average Bonchev–Trinajstić information content (AvgIpc) is 3.00. The molecule has 3 N–H and O–H groups in total. The number of nitrogens with zero attached hydrogens (tertiary/aromatic N) is 1. The molecule has 1 aromatic rings. The summed E-state index contributed by atoms with van der Waals surface area (Å²) in [6, 6.07) is 4.16. The molecule has 0 unspecified atom stereocenters. The normalized spacial score (nSPS) is 15.9. The fourth-order valence-corrected chi connectivity index (χ4v) is 3.87. The van der Waals surface area contributed by atoms with Gasteiger partial charge in [0, 0.05) is 13.1 Å². The van der Waals surface area contributed by atoms with Crippen LogP contribution in [-0.4, -0.2) is 38.3 Å². The quantitative estimate of drug-likeness (QED) is 0.464. The molecule has 0 atom stereocenters. The maximum atomic E-state index is 12.4. The minimum Gasteiger partial charge on any atom is -0.482 e. The maximum Gasteiger partial charge on any atom is 0.271 e. The van der Waals surface area contributed by atoms with Crippen LogP contribution in [0.1, 0.15) is 12.8 Å². The van der Waals surface area contributed by atoms with Gasteiger partial charge in [0.15, 0.2) is 6.61 Å². The number of hydrogen-bond donors (Lipinski definition) is 2. The molecule has 0 spiro atoms. The highest BCUT2D eigenvalue weighted by Crippen LogP contribution is 2.29. The van der Waals surface area contributed by atoms with E-state index in [1.54, 1.807) is 0 Å². The minimum absolute atomic E-state index is 0.116. The topological polar surface area (TPSA) is 102 Å². The highest BCUT2D eigenvalue weighted by atomic mass is 35.5. The van der Waals surface area contributed by atoms with E-state index in [9.17, 15) is 13.2 Å². The second kappa shape index (κ2) is 6.61. The summed E-state index contributed by atoms with van der Waals surface area (Å²) < 4.78 is 31.3. The molecule has 9 heteroatoms. The van der Waals surface area contributed by atoms with Crippen LogP contribution in [0.25, 0.3) is 0 Å². The second-order valence-electron chi connectivity index (χ2n) is 4.56. The molecule has 1 amide bonds. The van der Waals surface area contributed by atoms with Gasteiger partial charge in [0.05, 0.1) is 9.92 Å². The first-order chi connectivity index (χ1) is 9.95. The fraction of sp³-hybridized carbons (Fsp3) is 0.417. The maximum absolute atomic E-state index is 12.4. The molecule has 21 heavy (non-hydrogen) atoms.